The smallest absolute Gasteiger partial charge is 0.330 e. The Morgan fingerprint density at radius 3 is 2.58 bits per heavy atom. The summed E-state index contributed by atoms with van der Waals surface area (Å²) < 4.78 is 9.84. The highest BCUT2D eigenvalue weighted by atomic mass is 16.5. The van der Waals surface area contributed by atoms with E-state index in [1.807, 2.05) is 36.4 Å². The average Bonchev–Trinajstić information content (AvgIpc) is 2.66. The zero-order valence-electron chi connectivity index (χ0n) is 14.9. The highest BCUT2D eigenvalue weighted by Gasteiger charge is 2.16. The van der Waals surface area contributed by atoms with Gasteiger partial charge in [0, 0.05) is 31.3 Å². The third kappa shape index (κ3) is 5.82. The van der Waals surface area contributed by atoms with E-state index in [0.717, 1.165) is 16.8 Å². The topological polar surface area (TPSA) is 68.7 Å². The Morgan fingerprint density at radius 1 is 1.19 bits per heavy atom. The molecular formula is C20H22N2O4. The van der Waals surface area contributed by atoms with Crippen molar-refractivity contribution in [3.8, 4) is 0 Å². The van der Waals surface area contributed by atoms with E-state index < -0.39 is 0 Å². The molecule has 6 heteroatoms. The van der Waals surface area contributed by atoms with Gasteiger partial charge in [0.1, 0.15) is 6.61 Å². The molecule has 0 spiro atoms. The standard InChI is InChI=1S/C20H22N2O4/c1-3-26-20(24)11-8-16-6-9-18(10-7-16)22(19(23)15-25-2)14-17-5-4-12-21-13-17/h4-13H,3,14-15H2,1-2H3. The molecule has 1 aromatic carbocycles. The summed E-state index contributed by atoms with van der Waals surface area (Å²) >= 11 is 0. The van der Waals surface area contributed by atoms with Crippen molar-refractivity contribution in [1.82, 2.24) is 4.98 Å². The Kier molecular flexibility index (Phi) is 7.51. The molecule has 0 bridgehead atoms. The van der Waals surface area contributed by atoms with Crippen molar-refractivity contribution >= 4 is 23.6 Å². The number of hydrogen-bond donors (Lipinski definition) is 0. The molecule has 0 aliphatic heterocycles. The van der Waals surface area contributed by atoms with Crippen LogP contribution in [0.1, 0.15) is 18.1 Å². The number of hydrogen-bond acceptors (Lipinski definition) is 5. The summed E-state index contributed by atoms with van der Waals surface area (Å²) in [5.74, 6) is -0.531. The maximum atomic E-state index is 12.4. The molecule has 0 N–H and O–H groups in total. The Morgan fingerprint density at radius 2 is 1.96 bits per heavy atom. The van der Waals surface area contributed by atoms with Crippen molar-refractivity contribution < 1.29 is 19.1 Å². The number of methoxy groups -OCH3 is 1. The van der Waals surface area contributed by atoms with Gasteiger partial charge >= 0.3 is 5.97 Å². The molecule has 0 unspecified atom stereocenters. The van der Waals surface area contributed by atoms with Crippen LogP contribution in [0, 0.1) is 0 Å². The second-order valence-electron chi connectivity index (χ2n) is 5.45. The SMILES string of the molecule is CCOC(=O)C=Cc1ccc(N(Cc2cccnc2)C(=O)COC)cc1. The summed E-state index contributed by atoms with van der Waals surface area (Å²) in [5.41, 5.74) is 2.50. The maximum Gasteiger partial charge on any atom is 0.330 e. The van der Waals surface area contributed by atoms with Crippen LogP contribution in [0.4, 0.5) is 5.69 Å². The lowest BCUT2D eigenvalue weighted by atomic mass is 10.1. The molecule has 0 atom stereocenters. The lowest BCUT2D eigenvalue weighted by molar-refractivity contribution is -0.137. The molecule has 0 radical (unpaired) electrons. The van der Waals surface area contributed by atoms with Crippen LogP contribution in [-0.4, -0.2) is 37.2 Å². The average molecular weight is 354 g/mol. The molecule has 0 aliphatic carbocycles. The Labute approximate surface area is 153 Å². The normalized spacial score (nSPS) is 10.7. The first-order valence-electron chi connectivity index (χ1n) is 8.27. The lowest BCUT2D eigenvalue weighted by Crippen LogP contribution is -2.33. The van der Waals surface area contributed by atoms with Gasteiger partial charge in [-0.25, -0.2) is 4.79 Å². The summed E-state index contributed by atoms with van der Waals surface area (Å²) in [6.45, 7) is 2.49. The van der Waals surface area contributed by atoms with Crippen molar-refractivity contribution in [2.24, 2.45) is 0 Å². The number of carbonyl (C=O) groups is 2. The predicted molar refractivity (Wildman–Crippen MR) is 99.4 cm³/mol. The summed E-state index contributed by atoms with van der Waals surface area (Å²) in [5, 5.41) is 0. The molecule has 0 saturated carbocycles. The summed E-state index contributed by atoms with van der Waals surface area (Å²) in [4.78, 5) is 29.5. The van der Waals surface area contributed by atoms with Crippen molar-refractivity contribution in [2.45, 2.75) is 13.5 Å². The van der Waals surface area contributed by atoms with Gasteiger partial charge in [-0.2, -0.15) is 0 Å². The molecule has 0 saturated heterocycles. The number of nitrogens with zero attached hydrogens (tertiary/aromatic N) is 2. The van der Waals surface area contributed by atoms with Crippen LogP contribution in [0.2, 0.25) is 0 Å². The number of carbonyl (C=O) groups excluding carboxylic acids is 2. The molecule has 0 fully saturated rings. The third-order valence-electron chi connectivity index (χ3n) is 3.54. The summed E-state index contributed by atoms with van der Waals surface area (Å²) in [7, 11) is 1.49. The minimum Gasteiger partial charge on any atom is -0.463 e. The van der Waals surface area contributed by atoms with Crippen molar-refractivity contribution in [3.05, 3.63) is 66.0 Å². The Bertz CT molecular complexity index is 742. The van der Waals surface area contributed by atoms with Crippen molar-refractivity contribution in [1.29, 1.82) is 0 Å². The largest absolute Gasteiger partial charge is 0.463 e. The monoisotopic (exact) mass is 354 g/mol. The molecule has 2 rings (SSSR count). The van der Waals surface area contributed by atoms with Gasteiger partial charge in [-0.3, -0.25) is 9.78 Å². The van der Waals surface area contributed by atoms with Crippen molar-refractivity contribution in [2.75, 3.05) is 25.2 Å². The number of anilines is 1. The zero-order chi connectivity index (χ0) is 18.8. The number of amides is 1. The molecule has 0 aliphatic rings. The molecule has 1 aromatic heterocycles. The minimum absolute atomic E-state index is 0.00915. The van der Waals surface area contributed by atoms with E-state index in [2.05, 4.69) is 4.98 Å². The minimum atomic E-state index is -0.384. The van der Waals surface area contributed by atoms with Gasteiger partial charge in [-0.15, -0.1) is 0 Å². The molecule has 1 amide bonds. The van der Waals surface area contributed by atoms with E-state index in [0.29, 0.717) is 13.2 Å². The van der Waals surface area contributed by atoms with Crippen LogP contribution in [0.15, 0.2) is 54.9 Å². The molecule has 26 heavy (non-hydrogen) atoms. The van der Waals surface area contributed by atoms with E-state index in [9.17, 15) is 9.59 Å². The van der Waals surface area contributed by atoms with Gasteiger partial charge < -0.3 is 14.4 Å². The first-order valence-corrected chi connectivity index (χ1v) is 8.27. The maximum absolute atomic E-state index is 12.4. The second-order valence-corrected chi connectivity index (χ2v) is 5.45. The van der Waals surface area contributed by atoms with Crippen LogP contribution < -0.4 is 4.90 Å². The Balaban J connectivity index is 2.16. The fourth-order valence-corrected chi connectivity index (χ4v) is 2.32. The van der Waals surface area contributed by atoms with E-state index in [-0.39, 0.29) is 18.5 Å². The number of rotatable bonds is 8. The molecular weight excluding hydrogens is 332 g/mol. The fourth-order valence-electron chi connectivity index (χ4n) is 2.32. The zero-order valence-corrected chi connectivity index (χ0v) is 14.9. The molecule has 1 heterocycles. The van der Waals surface area contributed by atoms with Crippen molar-refractivity contribution in [3.63, 3.8) is 0 Å². The number of aromatic nitrogens is 1. The second kappa shape index (κ2) is 10.1. The van der Waals surface area contributed by atoms with E-state index >= 15 is 0 Å². The van der Waals surface area contributed by atoms with E-state index in [1.165, 1.54) is 13.2 Å². The molecule has 136 valence electrons. The predicted octanol–water partition coefficient (Wildman–Crippen LogP) is 2.84. The number of benzene rings is 1. The Hall–Kier alpha value is -2.99. The highest BCUT2D eigenvalue weighted by molar-refractivity contribution is 5.94. The van der Waals surface area contributed by atoms with Gasteiger partial charge in [-0.05, 0) is 42.3 Å². The highest BCUT2D eigenvalue weighted by Crippen LogP contribution is 2.19. The fraction of sp³-hybridized carbons (Fsp3) is 0.250. The van der Waals surface area contributed by atoms with Crippen LogP contribution >= 0.6 is 0 Å². The van der Waals surface area contributed by atoms with E-state index in [1.54, 1.807) is 30.3 Å². The lowest BCUT2D eigenvalue weighted by Gasteiger charge is -2.22. The summed E-state index contributed by atoms with van der Waals surface area (Å²) in [6, 6.07) is 11.1. The van der Waals surface area contributed by atoms with Crippen LogP contribution in [0.3, 0.4) is 0 Å². The van der Waals surface area contributed by atoms with Crippen LogP contribution in [0.5, 0.6) is 0 Å². The first kappa shape index (κ1) is 19.3. The van der Waals surface area contributed by atoms with Gasteiger partial charge in [0.2, 0.25) is 0 Å². The number of ether oxygens (including phenoxy) is 2. The van der Waals surface area contributed by atoms with E-state index in [4.69, 9.17) is 9.47 Å². The van der Waals surface area contributed by atoms with Gasteiger partial charge in [-0.1, -0.05) is 18.2 Å². The first-order chi connectivity index (χ1) is 12.6. The number of pyridine rings is 1. The van der Waals surface area contributed by atoms with Crippen LogP contribution in [0.25, 0.3) is 6.08 Å². The van der Waals surface area contributed by atoms with Crippen LogP contribution in [-0.2, 0) is 25.6 Å². The quantitative estimate of drug-likeness (QED) is 0.539. The molecule has 2 aromatic rings. The third-order valence-corrected chi connectivity index (χ3v) is 3.54. The molecule has 6 nitrogen and oxygen atoms in total. The summed E-state index contributed by atoms with van der Waals surface area (Å²) in [6.07, 6.45) is 6.46. The number of esters is 1. The van der Waals surface area contributed by atoms with Gasteiger partial charge in [0.05, 0.1) is 13.2 Å². The van der Waals surface area contributed by atoms with Gasteiger partial charge in [0.25, 0.3) is 5.91 Å². The van der Waals surface area contributed by atoms with Gasteiger partial charge in [0.15, 0.2) is 0 Å².